The van der Waals surface area contributed by atoms with E-state index in [2.05, 4.69) is 4.98 Å². The van der Waals surface area contributed by atoms with Crippen molar-refractivity contribution in [2.45, 2.75) is 0 Å². The minimum atomic E-state index is -0.696. The second kappa shape index (κ2) is 6.60. The van der Waals surface area contributed by atoms with E-state index in [1.54, 1.807) is 12.0 Å². The summed E-state index contributed by atoms with van der Waals surface area (Å²) in [7, 11) is 1.55. The number of rotatable bonds is 6. The molecule has 1 aromatic heterocycles. The number of nitrogens with zero attached hydrogens (tertiary/aromatic N) is 2. The van der Waals surface area contributed by atoms with Crippen molar-refractivity contribution in [3.8, 4) is 0 Å². The topological polar surface area (TPSA) is 25.4 Å². The molecule has 0 amide bonds. The van der Waals surface area contributed by atoms with Gasteiger partial charge in [0, 0.05) is 32.1 Å². The van der Waals surface area contributed by atoms with Crippen LogP contribution in [-0.4, -0.2) is 37.7 Å². The molecule has 0 aromatic carbocycles. The zero-order valence-corrected chi connectivity index (χ0v) is 9.68. The van der Waals surface area contributed by atoms with Gasteiger partial charge in [0.05, 0.1) is 12.8 Å². The normalized spacial score (nSPS) is 10.5. The molecule has 3 nitrogen and oxygen atoms in total. The Morgan fingerprint density at radius 1 is 1.44 bits per heavy atom. The summed E-state index contributed by atoms with van der Waals surface area (Å²) < 4.78 is 31.0. The summed E-state index contributed by atoms with van der Waals surface area (Å²) in [5.41, 5.74) is 0. The van der Waals surface area contributed by atoms with Crippen molar-refractivity contribution in [2.24, 2.45) is 0 Å². The molecule has 0 spiro atoms. The van der Waals surface area contributed by atoms with E-state index in [1.165, 1.54) is 0 Å². The lowest BCUT2D eigenvalue weighted by Gasteiger charge is -2.22. The van der Waals surface area contributed by atoms with E-state index in [9.17, 15) is 8.78 Å². The van der Waals surface area contributed by atoms with Gasteiger partial charge in [-0.3, -0.25) is 0 Å². The lowest BCUT2D eigenvalue weighted by atomic mass is 10.4. The average molecular weight is 251 g/mol. The van der Waals surface area contributed by atoms with Crippen LogP contribution in [0.2, 0.25) is 0 Å². The van der Waals surface area contributed by atoms with E-state index >= 15 is 0 Å². The highest BCUT2D eigenvalue weighted by Crippen LogP contribution is 2.16. The molecular weight excluding hydrogens is 238 g/mol. The minimum absolute atomic E-state index is 0.0964. The smallest absolute Gasteiger partial charge is 0.168 e. The first-order valence-corrected chi connectivity index (χ1v) is 5.33. The van der Waals surface area contributed by atoms with Crippen molar-refractivity contribution in [1.29, 1.82) is 0 Å². The number of ether oxygens (including phenoxy) is 1. The molecule has 6 heteroatoms. The van der Waals surface area contributed by atoms with Gasteiger partial charge in [0.25, 0.3) is 0 Å². The van der Waals surface area contributed by atoms with Gasteiger partial charge in [-0.15, -0.1) is 11.6 Å². The standard InChI is InChI=1S/C10H13ClF2N2O/c1-16-5-4-15(3-2-11)10-9(13)6-8(12)7-14-10/h6-7H,2-5H2,1H3. The Morgan fingerprint density at radius 3 is 2.75 bits per heavy atom. The van der Waals surface area contributed by atoms with Gasteiger partial charge in [0.2, 0.25) is 0 Å². The lowest BCUT2D eigenvalue weighted by molar-refractivity contribution is 0.205. The Kier molecular flexibility index (Phi) is 5.42. The number of anilines is 1. The van der Waals surface area contributed by atoms with Gasteiger partial charge >= 0.3 is 0 Å². The van der Waals surface area contributed by atoms with Gasteiger partial charge in [0.15, 0.2) is 11.6 Å². The fourth-order valence-corrected chi connectivity index (χ4v) is 1.47. The first-order chi connectivity index (χ1) is 7.69. The van der Waals surface area contributed by atoms with Gasteiger partial charge in [-0.2, -0.15) is 0 Å². The fourth-order valence-electron chi connectivity index (χ4n) is 1.27. The van der Waals surface area contributed by atoms with Crippen molar-refractivity contribution in [3.63, 3.8) is 0 Å². The maximum absolute atomic E-state index is 13.4. The summed E-state index contributed by atoms with van der Waals surface area (Å²) in [6.07, 6.45) is 0.979. The summed E-state index contributed by atoms with van der Waals surface area (Å²) in [6, 6.07) is 0.802. The van der Waals surface area contributed by atoms with E-state index < -0.39 is 11.6 Å². The molecule has 0 atom stereocenters. The maximum Gasteiger partial charge on any atom is 0.168 e. The molecule has 90 valence electrons. The summed E-state index contributed by atoms with van der Waals surface area (Å²) in [5, 5.41) is 0. The largest absolute Gasteiger partial charge is 0.383 e. The summed E-state index contributed by atoms with van der Waals surface area (Å²) in [6.45, 7) is 1.31. The maximum atomic E-state index is 13.4. The van der Waals surface area contributed by atoms with Crippen LogP contribution in [0.3, 0.4) is 0 Å². The predicted octanol–water partition coefficient (Wildman–Crippen LogP) is 2.05. The Morgan fingerprint density at radius 2 is 2.19 bits per heavy atom. The molecule has 0 unspecified atom stereocenters. The van der Waals surface area contributed by atoms with Crippen LogP contribution in [-0.2, 0) is 4.74 Å². The van der Waals surface area contributed by atoms with Crippen molar-refractivity contribution in [1.82, 2.24) is 4.98 Å². The molecule has 0 N–H and O–H groups in total. The minimum Gasteiger partial charge on any atom is -0.383 e. The molecule has 0 aliphatic rings. The number of halogens is 3. The van der Waals surface area contributed by atoms with Gasteiger partial charge in [-0.05, 0) is 0 Å². The Hall–Kier alpha value is -0.940. The molecule has 0 saturated heterocycles. The van der Waals surface area contributed by atoms with E-state index in [-0.39, 0.29) is 5.82 Å². The van der Waals surface area contributed by atoms with Crippen LogP contribution in [0.5, 0.6) is 0 Å². The second-order valence-corrected chi connectivity index (χ2v) is 3.51. The molecule has 1 rings (SSSR count). The third-order valence-corrected chi connectivity index (χ3v) is 2.18. The quantitative estimate of drug-likeness (QED) is 0.723. The van der Waals surface area contributed by atoms with E-state index in [4.69, 9.17) is 16.3 Å². The highest BCUT2D eigenvalue weighted by molar-refractivity contribution is 6.18. The zero-order valence-electron chi connectivity index (χ0n) is 8.92. The highest BCUT2D eigenvalue weighted by Gasteiger charge is 2.13. The zero-order chi connectivity index (χ0) is 12.0. The van der Waals surface area contributed by atoms with Crippen molar-refractivity contribution in [3.05, 3.63) is 23.9 Å². The Labute approximate surface area is 98.0 Å². The second-order valence-electron chi connectivity index (χ2n) is 3.13. The third-order valence-electron chi connectivity index (χ3n) is 2.01. The molecule has 0 bridgehead atoms. The van der Waals surface area contributed by atoms with Crippen molar-refractivity contribution in [2.75, 3.05) is 37.6 Å². The van der Waals surface area contributed by atoms with Crippen LogP contribution >= 0.6 is 11.6 Å². The van der Waals surface area contributed by atoms with E-state index in [0.29, 0.717) is 25.6 Å². The highest BCUT2D eigenvalue weighted by atomic mass is 35.5. The molecule has 16 heavy (non-hydrogen) atoms. The fraction of sp³-hybridized carbons (Fsp3) is 0.500. The van der Waals surface area contributed by atoms with Crippen molar-refractivity contribution < 1.29 is 13.5 Å². The number of hydrogen-bond acceptors (Lipinski definition) is 3. The predicted molar refractivity (Wildman–Crippen MR) is 59.0 cm³/mol. The molecule has 0 fully saturated rings. The van der Waals surface area contributed by atoms with E-state index in [1.807, 2.05) is 0 Å². The van der Waals surface area contributed by atoms with Crippen molar-refractivity contribution >= 4 is 17.4 Å². The number of pyridine rings is 1. The Bertz CT molecular complexity index is 339. The first-order valence-electron chi connectivity index (χ1n) is 4.80. The number of alkyl halides is 1. The number of aromatic nitrogens is 1. The average Bonchev–Trinajstić information content (AvgIpc) is 2.25. The lowest BCUT2D eigenvalue weighted by Crippen LogP contribution is -2.30. The summed E-state index contributed by atoms with van der Waals surface area (Å²) in [4.78, 5) is 5.33. The van der Waals surface area contributed by atoms with Crippen LogP contribution < -0.4 is 4.90 Å². The third kappa shape index (κ3) is 3.57. The Balaban J connectivity index is 2.82. The van der Waals surface area contributed by atoms with Crippen LogP contribution in [0.25, 0.3) is 0 Å². The molecule has 1 aromatic rings. The van der Waals surface area contributed by atoms with Crippen LogP contribution in [0.4, 0.5) is 14.6 Å². The number of hydrogen-bond donors (Lipinski definition) is 0. The SMILES string of the molecule is COCCN(CCCl)c1ncc(F)cc1F. The molecule has 0 aliphatic heterocycles. The summed E-state index contributed by atoms with van der Waals surface area (Å²) in [5.74, 6) is -0.957. The van der Waals surface area contributed by atoms with Gasteiger partial charge in [-0.1, -0.05) is 0 Å². The molecule has 0 saturated carbocycles. The van der Waals surface area contributed by atoms with E-state index in [0.717, 1.165) is 12.3 Å². The van der Waals surface area contributed by atoms with Crippen LogP contribution in [0.15, 0.2) is 12.3 Å². The molecule has 0 aliphatic carbocycles. The summed E-state index contributed by atoms with van der Waals surface area (Å²) >= 11 is 5.60. The van der Waals surface area contributed by atoms with Gasteiger partial charge < -0.3 is 9.64 Å². The van der Waals surface area contributed by atoms with Crippen LogP contribution in [0.1, 0.15) is 0 Å². The molecular formula is C10H13ClF2N2O. The van der Waals surface area contributed by atoms with Crippen LogP contribution in [0, 0.1) is 11.6 Å². The molecule has 0 radical (unpaired) electrons. The first kappa shape index (κ1) is 13.1. The van der Waals surface area contributed by atoms with Gasteiger partial charge in [0.1, 0.15) is 5.82 Å². The van der Waals surface area contributed by atoms with Gasteiger partial charge in [-0.25, -0.2) is 13.8 Å². The molecule has 1 heterocycles. The number of methoxy groups -OCH3 is 1. The monoisotopic (exact) mass is 250 g/mol.